The Balaban J connectivity index is 1.49. The fourth-order valence-corrected chi connectivity index (χ4v) is 4.08. The zero-order chi connectivity index (χ0) is 19.8. The molecule has 0 fully saturated rings. The van der Waals surface area contributed by atoms with Crippen LogP contribution >= 0.6 is 23.2 Å². The van der Waals surface area contributed by atoms with E-state index < -0.39 is 0 Å². The van der Waals surface area contributed by atoms with Crippen molar-refractivity contribution in [3.8, 4) is 0 Å². The maximum Gasteiger partial charge on any atom is 0.239 e. The molecule has 8 heteroatoms. The van der Waals surface area contributed by atoms with Crippen molar-refractivity contribution in [2.45, 2.75) is 26.0 Å². The van der Waals surface area contributed by atoms with Crippen molar-refractivity contribution in [2.24, 2.45) is 0 Å². The van der Waals surface area contributed by atoms with Gasteiger partial charge in [-0.3, -0.25) is 9.69 Å². The molecule has 1 aromatic carbocycles. The molecule has 3 aromatic rings. The van der Waals surface area contributed by atoms with Gasteiger partial charge in [0.2, 0.25) is 5.91 Å². The minimum atomic E-state index is -0.279. The number of halogens is 2. The fourth-order valence-electron chi connectivity index (χ4n) is 3.75. The van der Waals surface area contributed by atoms with E-state index in [-0.39, 0.29) is 25.1 Å². The lowest BCUT2D eigenvalue weighted by molar-refractivity contribution is -0.118. The van der Waals surface area contributed by atoms with Crippen LogP contribution in [0, 0.1) is 0 Å². The molecule has 0 bridgehead atoms. The van der Waals surface area contributed by atoms with Crippen molar-refractivity contribution in [3.05, 3.63) is 57.3 Å². The molecule has 0 aliphatic carbocycles. The molecule has 0 radical (unpaired) electrons. The number of fused-ring (bicyclic) bond motifs is 3. The number of aromatic nitrogens is 2. The molecule has 1 aliphatic rings. The summed E-state index contributed by atoms with van der Waals surface area (Å²) in [5.74, 6) is 0.220. The summed E-state index contributed by atoms with van der Waals surface area (Å²) in [6.07, 6.45) is 0.848. The lowest BCUT2D eigenvalue weighted by Crippen LogP contribution is -2.39. The smallest absolute Gasteiger partial charge is 0.239 e. The number of aliphatic hydroxyl groups excluding tert-OH is 1. The summed E-state index contributed by atoms with van der Waals surface area (Å²) in [7, 11) is 0. The lowest BCUT2D eigenvalue weighted by atomic mass is 9.98. The number of carbonyl (C=O) groups is 1. The van der Waals surface area contributed by atoms with Crippen molar-refractivity contribution in [3.63, 3.8) is 0 Å². The highest BCUT2D eigenvalue weighted by Gasteiger charge is 2.28. The number of H-pyrrole nitrogens is 1. The maximum absolute atomic E-state index is 12.5. The van der Waals surface area contributed by atoms with Gasteiger partial charge in [-0.2, -0.15) is 0 Å². The summed E-state index contributed by atoms with van der Waals surface area (Å²) in [6, 6.07) is 9.17. The Morgan fingerprint density at radius 2 is 2.18 bits per heavy atom. The first-order chi connectivity index (χ1) is 13.5. The molecule has 4 rings (SSSR count). The number of nitrogens with zero attached hydrogens (tertiary/aromatic N) is 2. The third kappa shape index (κ3) is 3.61. The van der Waals surface area contributed by atoms with E-state index in [4.69, 9.17) is 23.2 Å². The van der Waals surface area contributed by atoms with Gasteiger partial charge in [-0.15, -0.1) is 0 Å². The normalized spacial score (nSPS) is 16.9. The predicted octanol–water partition coefficient (Wildman–Crippen LogP) is 3.92. The van der Waals surface area contributed by atoms with E-state index in [1.54, 1.807) is 12.1 Å². The Hall–Kier alpha value is -2.12. The Kier molecular flexibility index (Phi) is 5.29. The van der Waals surface area contributed by atoms with Gasteiger partial charge in [-0.25, -0.2) is 4.98 Å². The van der Waals surface area contributed by atoms with Crippen LogP contribution in [0.25, 0.3) is 10.9 Å². The van der Waals surface area contributed by atoms with E-state index >= 15 is 0 Å². The summed E-state index contributed by atoms with van der Waals surface area (Å²) in [5, 5.41) is 14.3. The Bertz CT molecular complexity index is 1050. The number of aliphatic hydroxyl groups is 1. The number of amides is 1. The second-order valence-electron chi connectivity index (χ2n) is 6.93. The van der Waals surface area contributed by atoms with Gasteiger partial charge in [0.15, 0.2) is 0 Å². The molecule has 3 heterocycles. The summed E-state index contributed by atoms with van der Waals surface area (Å²) >= 11 is 12.1. The molecule has 146 valence electrons. The van der Waals surface area contributed by atoms with Crippen LogP contribution in [0.5, 0.6) is 0 Å². The van der Waals surface area contributed by atoms with Crippen molar-refractivity contribution in [1.82, 2.24) is 14.9 Å². The first kappa shape index (κ1) is 19.2. The average molecular weight is 419 g/mol. The number of benzene rings is 1. The van der Waals surface area contributed by atoms with Crippen LogP contribution in [0.2, 0.25) is 10.0 Å². The van der Waals surface area contributed by atoms with Crippen LogP contribution in [0.15, 0.2) is 30.3 Å². The number of aromatic amines is 1. The second-order valence-corrected chi connectivity index (χ2v) is 7.78. The monoisotopic (exact) mass is 418 g/mol. The van der Waals surface area contributed by atoms with Gasteiger partial charge in [0.1, 0.15) is 5.82 Å². The molecule has 28 heavy (non-hydrogen) atoms. The fraction of sp³-hybridized carbons (Fsp3) is 0.300. The Morgan fingerprint density at radius 3 is 2.96 bits per heavy atom. The molecule has 3 N–H and O–H groups in total. The number of anilines is 1. The summed E-state index contributed by atoms with van der Waals surface area (Å²) in [4.78, 5) is 22.3. The number of hydrogen-bond donors (Lipinski definition) is 3. The van der Waals surface area contributed by atoms with Crippen LogP contribution in [0.3, 0.4) is 0 Å². The average Bonchev–Trinajstić information content (AvgIpc) is 3.04. The number of pyridine rings is 1. The lowest BCUT2D eigenvalue weighted by Gasteiger charge is -2.32. The largest absolute Gasteiger partial charge is 0.390 e. The Morgan fingerprint density at radius 1 is 1.36 bits per heavy atom. The first-order valence-corrected chi connectivity index (χ1v) is 9.82. The minimum Gasteiger partial charge on any atom is -0.390 e. The quantitative estimate of drug-likeness (QED) is 0.599. The highest BCUT2D eigenvalue weighted by molar-refractivity contribution is 6.31. The van der Waals surface area contributed by atoms with Crippen LogP contribution in [0.4, 0.5) is 5.82 Å². The van der Waals surface area contributed by atoms with Crippen molar-refractivity contribution in [2.75, 3.05) is 18.4 Å². The molecule has 0 saturated carbocycles. The predicted molar refractivity (Wildman–Crippen MR) is 111 cm³/mol. The molecule has 1 amide bonds. The number of hydrogen-bond acceptors (Lipinski definition) is 4. The van der Waals surface area contributed by atoms with E-state index in [0.717, 1.165) is 34.6 Å². The molecular formula is C20H20Cl2N4O2. The molecule has 0 spiro atoms. The van der Waals surface area contributed by atoms with Gasteiger partial charge in [0.25, 0.3) is 0 Å². The summed E-state index contributed by atoms with van der Waals surface area (Å²) < 4.78 is 0. The standard InChI is InChI=1S/C20H20Cl2N4O2/c1-11-20-13(14-8-12(21)2-4-16(14)24-20)6-7-26(11)9-19(28)25-18-5-3-15(22)17(10-27)23-18/h2-5,8,11,24,27H,6-7,9-10H2,1H3,(H,23,25,28). The number of rotatable bonds is 4. The van der Waals surface area contributed by atoms with E-state index in [1.807, 2.05) is 18.2 Å². The van der Waals surface area contributed by atoms with Crippen LogP contribution in [-0.4, -0.2) is 39.0 Å². The molecule has 1 unspecified atom stereocenters. The van der Waals surface area contributed by atoms with E-state index in [1.165, 1.54) is 5.56 Å². The zero-order valence-electron chi connectivity index (χ0n) is 15.3. The van der Waals surface area contributed by atoms with Gasteiger partial charge >= 0.3 is 0 Å². The molecule has 2 aromatic heterocycles. The van der Waals surface area contributed by atoms with Crippen molar-refractivity contribution < 1.29 is 9.90 Å². The van der Waals surface area contributed by atoms with Gasteiger partial charge in [0.05, 0.1) is 23.9 Å². The maximum atomic E-state index is 12.5. The minimum absolute atomic E-state index is 0.0758. The van der Waals surface area contributed by atoms with Gasteiger partial charge in [0, 0.05) is 34.2 Å². The van der Waals surface area contributed by atoms with Gasteiger partial charge in [-0.1, -0.05) is 23.2 Å². The van der Waals surface area contributed by atoms with E-state index in [9.17, 15) is 9.90 Å². The van der Waals surface area contributed by atoms with Crippen LogP contribution in [0.1, 0.15) is 29.9 Å². The Labute approximate surface area is 172 Å². The topological polar surface area (TPSA) is 81.2 Å². The third-order valence-corrected chi connectivity index (χ3v) is 5.78. The van der Waals surface area contributed by atoms with Crippen molar-refractivity contribution >= 4 is 45.8 Å². The highest BCUT2D eigenvalue weighted by Crippen LogP contribution is 2.35. The molecular weight excluding hydrogens is 399 g/mol. The van der Waals surface area contributed by atoms with Crippen LogP contribution in [-0.2, 0) is 17.8 Å². The molecule has 1 atom stereocenters. The van der Waals surface area contributed by atoms with Gasteiger partial charge in [-0.05, 0) is 49.2 Å². The van der Waals surface area contributed by atoms with Gasteiger partial charge < -0.3 is 15.4 Å². The van der Waals surface area contributed by atoms with Crippen molar-refractivity contribution in [1.29, 1.82) is 0 Å². The molecule has 1 aliphatic heterocycles. The SMILES string of the molecule is CC1c2[nH]c3ccc(Cl)cc3c2CCN1CC(=O)Nc1ccc(Cl)c(CO)n1. The first-order valence-electron chi connectivity index (χ1n) is 9.06. The number of nitrogens with one attached hydrogen (secondary N) is 2. The second kappa shape index (κ2) is 7.72. The highest BCUT2D eigenvalue weighted by atomic mass is 35.5. The molecule has 6 nitrogen and oxygen atoms in total. The van der Waals surface area contributed by atoms with Crippen LogP contribution < -0.4 is 5.32 Å². The van der Waals surface area contributed by atoms with E-state index in [0.29, 0.717) is 16.5 Å². The number of carbonyl (C=O) groups excluding carboxylic acids is 1. The third-order valence-electron chi connectivity index (χ3n) is 5.20. The summed E-state index contributed by atoms with van der Waals surface area (Å²) in [6.45, 7) is 2.83. The van der Waals surface area contributed by atoms with E-state index in [2.05, 4.69) is 27.1 Å². The molecule has 0 saturated heterocycles. The zero-order valence-corrected chi connectivity index (χ0v) is 16.8. The summed E-state index contributed by atoms with van der Waals surface area (Å²) in [5.41, 5.74) is 3.80.